The van der Waals surface area contributed by atoms with Crippen LogP contribution in [-0.4, -0.2) is 0 Å². The van der Waals surface area contributed by atoms with Gasteiger partial charge in [-0.3, -0.25) is 0 Å². The van der Waals surface area contributed by atoms with E-state index in [1.807, 2.05) is 22.7 Å². The lowest BCUT2D eigenvalue weighted by Crippen LogP contribution is -2.10. The highest BCUT2D eigenvalue weighted by molar-refractivity contribution is 7.26. The molecule has 0 radical (unpaired) electrons. The van der Waals surface area contributed by atoms with E-state index in [0.717, 1.165) is 11.4 Å². The molecule has 3 heteroatoms. The zero-order valence-electron chi connectivity index (χ0n) is 28.7. The molecule has 0 saturated heterocycles. The lowest BCUT2D eigenvalue weighted by molar-refractivity contribution is 1.31. The van der Waals surface area contributed by atoms with Gasteiger partial charge in [-0.05, 0) is 98.4 Å². The molecule has 0 aliphatic rings. The molecule has 0 saturated carbocycles. The molecule has 11 rings (SSSR count). The molecule has 0 spiro atoms. The van der Waals surface area contributed by atoms with Crippen molar-refractivity contribution in [2.45, 2.75) is 0 Å². The van der Waals surface area contributed by atoms with E-state index in [-0.39, 0.29) is 0 Å². The van der Waals surface area contributed by atoms with Crippen LogP contribution in [0.4, 0.5) is 17.1 Å². The van der Waals surface area contributed by atoms with Crippen LogP contribution in [0, 0.1) is 0 Å². The molecule has 0 bridgehead atoms. The fraction of sp³-hybridized carbons (Fsp3) is 0. The second-order valence-electron chi connectivity index (χ2n) is 13.7. The largest absolute Gasteiger partial charge is 0.309 e. The van der Waals surface area contributed by atoms with Gasteiger partial charge in [0.25, 0.3) is 0 Å². The standard InChI is InChI=1S/C50H31NS2/c1-2-12-35-30-36(21-20-32(35)10-1)33-22-24-37(25-23-33)51(38-26-29-48-44(31-38)41-15-5-7-18-46(41)52-48)45-28-27-42(40-17-9-13-34-11-3-4-14-39(34)40)49-43-16-6-8-19-47(43)53-50(45)49/h1-31H. The van der Waals surface area contributed by atoms with Crippen molar-refractivity contribution >= 4 is 102 Å². The summed E-state index contributed by atoms with van der Waals surface area (Å²) in [5.74, 6) is 0. The number of rotatable bonds is 5. The minimum Gasteiger partial charge on any atom is -0.309 e. The van der Waals surface area contributed by atoms with Crippen molar-refractivity contribution < 1.29 is 0 Å². The zero-order chi connectivity index (χ0) is 34.9. The van der Waals surface area contributed by atoms with Crippen LogP contribution in [0.1, 0.15) is 0 Å². The van der Waals surface area contributed by atoms with Crippen molar-refractivity contribution in [3.8, 4) is 22.3 Å². The Bertz CT molecular complexity index is 3180. The lowest BCUT2D eigenvalue weighted by Gasteiger charge is -2.27. The fourth-order valence-electron chi connectivity index (χ4n) is 8.13. The van der Waals surface area contributed by atoms with Gasteiger partial charge in [-0.25, -0.2) is 0 Å². The Hall–Kier alpha value is -6.26. The van der Waals surface area contributed by atoms with Gasteiger partial charge in [0.05, 0.1) is 10.4 Å². The predicted octanol–water partition coefficient (Wildman–Crippen LogP) is 15.5. The van der Waals surface area contributed by atoms with Crippen molar-refractivity contribution in [1.82, 2.24) is 0 Å². The second-order valence-corrected chi connectivity index (χ2v) is 15.8. The Balaban J connectivity index is 1.15. The maximum absolute atomic E-state index is 2.47. The van der Waals surface area contributed by atoms with Crippen molar-refractivity contribution in [2.75, 3.05) is 4.90 Å². The predicted molar refractivity (Wildman–Crippen MR) is 233 cm³/mol. The van der Waals surface area contributed by atoms with Gasteiger partial charge in [0.15, 0.2) is 0 Å². The van der Waals surface area contributed by atoms with E-state index >= 15 is 0 Å². The van der Waals surface area contributed by atoms with Crippen LogP contribution in [0.5, 0.6) is 0 Å². The van der Waals surface area contributed by atoms with Crippen molar-refractivity contribution in [3.63, 3.8) is 0 Å². The quantitative estimate of drug-likeness (QED) is 0.172. The molecule has 2 aromatic heterocycles. The van der Waals surface area contributed by atoms with Crippen LogP contribution in [0.25, 0.3) is 84.1 Å². The van der Waals surface area contributed by atoms with Crippen LogP contribution in [0.3, 0.4) is 0 Å². The summed E-state index contributed by atoms with van der Waals surface area (Å²) in [5.41, 5.74) is 8.42. The summed E-state index contributed by atoms with van der Waals surface area (Å²) >= 11 is 3.75. The zero-order valence-corrected chi connectivity index (χ0v) is 30.3. The Morgan fingerprint density at radius 3 is 1.83 bits per heavy atom. The van der Waals surface area contributed by atoms with Gasteiger partial charge in [0.2, 0.25) is 0 Å². The van der Waals surface area contributed by atoms with Crippen LogP contribution in [-0.2, 0) is 0 Å². The molecule has 0 unspecified atom stereocenters. The Morgan fingerprint density at radius 1 is 0.340 bits per heavy atom. The SMILES string of the molecule is c1ccc2cc(-c3ccc(N(c4ccc5sc6ccccc6c5c4)c4ccc(-c5cccc6ccccc56)c5c4sc4ccccc45)cc3)ccc2c1. The topological polar surface area (TPSA) is 3.24 Å². The summed E-state index contributed by atoms with van der Waals surface area (Å²) in [6.07, 6.45) is 0. The highest BCUT2D eigenvalue weighted by Crippen LogP contribution is 2.50. The molecule has 248 valence electrons. The first-order chi connectivity index (χ1) is 26.3. The van der Waals surface area contributed by atoms with Crippen LogP contribution in [0.15, 0.2) is 188 Å². The molecule has 0 aliphatic carbocycles. The van der Waals surface area contributed by atoms with Crippen molar-refractivity contribution in [3.05, 3.63) is 188 Å². The van der Waals surface area contributed by atoms with E-state index < -0.39 is 0 Å². The van der Waals surface area contributed by atoms with Crippen LogP contribution < -0.4 is 4.90 Å². The van der Waals surface area contributed by atoms with Crippen molar-refractivity contribution in [1.29, 1.82) is 0 Å². The molecule has 9 aromatic carbocycles. The number of fused-ring (bicyclic) bond motifs is 8. The molecule has 1 nitrogen and oxygen atoms in total. The molecule has 53 heavy (non-hydrogen) atoms. The van der Waals surface area contributed by atoms with E-state index in [2.05, 4.69) is 193 Å². The first-order valence-electron chi connectivity index (χ1n) is 18.0. The third kappa shape index (κ3) is 4.97. The Labute approximate surface area is 315 Å². The number of hydrogen-bond acceptors (Lipinski definition) is 3. The van der Waals surface area contributed by atoms with Gasteiger partial charge in [0, 0.05) is 47.0 Å². The Morgan fingerprint density at radius 2 is 0.981 bits per heavy atom. The van der Waals surface area contributed by atoms with Crippen LogP contribution >= 0.6 is 22.7 Å². The number of thiophene rings is 2. The minimum absolute atomic E-state index is 1.13. The van der Waals surface area contributed by atoms with Crippen LogP contribution in [0.2, 0.25) is 0 Å². The van der Waals surface area contributed by atoms with E-state index in [9.17, 15) is 0 Å². The fourth-order valence-corrected chi connectivity index (χ4v) is 10.4. The molecular formula is C50H31NS2. The highest BCUT2D eigenvalue weighted by Gasteiger charge is 2.22. The van der Waals surface area contributed by atoms with Gasteiger partial charge in [-0.1, -0.05) is 133 Å². The highest BCUT2D eigenvalue weighted by atomic mass is 32.1. The average molecular weight is 710 g/mol. The molecule has 11 aromatic rings. The molecular weight excluding hydrogens is 679 g/mol. The summed E-state index contributed by atoms with van der Waals surface area (Å²) in [4.78, 5) is 2.47. The Kier molecular flexibility index (Phi) is 6.97. The van der Waals surface area contributed by atoms with E-state index in [1.165, 1.54) is 89.8 Å². The third-order valence-corrected chi connectivity index (χ3v) is 13.0. The summed E-state index contributed by atoms with van der Waals surface area (Å²) < 4.78 is 5.20. The van der Waals surface area contributed by atoms with Gasteiger partial charge < -0.3 is 4.90 Å². The normalized spacial score (nSPS) is 11.8. The van der Waals surface area contributed by atoms with E-state index in [0.29, 0.717) is 0 Å². The van der Waals surface area contributed by atoms with Gasteiger partial charge in [-0.2, -0.15) is 0 Å². The molecule has 2 heterocycles. The van der Waals surface area contributed by atoms with Crippen molar-refractivity contribution in [2.24, 2.45) is 0 Å². The molecule has 0 fully saturated rings. The number of hydrogen-bond donors (Lipinski definition) is 0. The third-order valence-electron chi connectivity index (χ3n) is 10.7. The summed E-state index contributed by atoms with van der Waals surface area (Å²) in [7, 11) is 0. The monoisotopic (exact) mass is 709 g/mol. The van der Waals surface area contributed by atoms with Gasteiger partial charge in [-0.15, -0.1) is 22.7 Å². The first-order valence-corrected chi connectivity index (χ1v) is 19.6. The lowest BCUT2D eigenvalue weighted by atomic mass is 9.94. The molecule has 0 atom stereocenters. The molecule has 0 aliphatic heterocycles. The number of anilines is 3. The van der Waals surface area contributed by atoms with E-state index in [4.69, 9.17) is 0 Å². The second kappa shape index (κ2) is 12.2. The summed E-state index contributed by atoms with van der Waals surface area (Å²) in [5, 5.41) is 10.2. The number of benzene rings is 9. The smallest absolute Gasteiger partial charge is 0.0640 e. The minimum atomic E-state index is 1.13. The average Bonchev–Trinajstić information content (AvgIpc) is 3.80. The molecule has 0 amide bonds. The van der Waals surface area contributed by atoms with E-state index in [1.54, 1.807) is 0 Å². The van der Waals surface area contributed by atoms with Gasteiger partial charge >= 0.3 is 0 Å². The number of nitrogens with zero attached hydrogens (tertiary/aromatic N) is 1. The van der Waals surface area contributed by atoms with Gasteiger partial charge in [0.1, 0.15) is 0 Å². The first kappa shape index (κ1) is 30.4. The maximum atomic E-state index is 2.47. The molecule has 0 N–H and O–H groups in total. The maximum Gasteiger partial charge on any atom is 0.0640 e. The summed E-state index contributed by atoms with van der Waals surface area (Å²) in [6.45, 7) is 0. The summed E-state index contributed by atoms with van der Waals surface area (Å²) in [6, 6.07) is 69.2.